The van der Waals surface area contributed by atoms with E-state index in [9.17, 15) is 4.79 Å². The van der Waals surface area contributed by atoms with Crippen LogP contribution in [0.4, 0.5) is 26.2 Å². The van der Waals surface area contributed by atoms with Crippen LogP contribution in [0.1, 0.15) is 17.0 Å². The van der Waals surface area contributed by atoms with Gasteiger partial charge in [0.2, 0.25) is 0 Å². The van der Waals surface area contributed by atoms with Crippen LogP contribution in [0.15, 0.2) is 54.7 Å². The summed E-state index contributed by atoms with van der Waals surface area (Å²) in [5, 5.41) is 11.7. The number of aryl methyl sites for hydroxylation is 1. The van der Waals surface area contributed by atoms with E-state index in [4.69, 9.17) is 14.6 Å². The van der Waals surface area contributed by atoms with Crippen molar-refractivity contribution in [1.29, 1.82) is 0 Å². The molecule has 44 heavy (non-hydrogen) atoms. The summed E-state index contributed by atoms with van der Waals surface area (Å²) in [5.74, 6) is -0.428. The number of anilines is 3. The van der Waals surface area contributed by atoms with Gasteiger partial charge in [-0.05, 0) is 79.2 Å². The van der Waals surface area contributed by atoms with Crippen molar-refractivity contribution in [3.8, 4) is 0 Å². The first-order valence-corrected chi connectivity index (χ1v) is 22.4. The number of amides is 1. The van der Waals surface area contributed by atoms with Gasteiger partial charge >= 0.3 is 6.09 Å². The molecule has 8 nitrogen and oxygen atoms in total. The topological polar surface area (TPSA) is 90.3 Å². The molecule has 2 N–H and O–H groups in total. The summed E-state index contributed by atoms with van der Waals surface area (Å²) >= 11 is 0. The van der Waals surface area contributed by atoms with Gasteiger partial charge in [0.15, 0.2) is 0 Å². The molecule has 0 bridgehead atoms. The van der Waals surface area contributed by atoms with E-state index in [0.29, 0.717) is 36.9 Å². The zero-order chi connectivity index (χ0) is 31.9. The summed E-state index contributed by atoms with van der Waals surface area (Å²) in [6, 6.07) is 16.4. The lowest BCUT2D eigenvalue weighted by molar-refractivity contribution is 0.0816. The molecule has 4 rings (SSSR count). The van der Waals surface area contributed by atoms with Crippen molar-refractivity contribution < 1.29 is 18.7 Å². The average Bonchev–Trinajstić information content (AvgIpc) is 3.28. The van der Waals surface area contributed by atoms with Crippen molar-refractivity contribution >= 4 is 62.4 Å². The van der Waals surface area contributed by atoms with Crippen LogP contribution in [0.2, 0.25) is 51.4 Å². The molecule has 2 heterocycles. The molecule has 0 saturated heterocycles. The van der Waals surface area contributed by atoms with Gasteiger partial charge in [0.05, 0.1) is 29.2 Å². The van der Waals surface area contributed by atoms with Crippen molar-refractivity contribution in [3.05, 3.63) is 77.5 Å². The zero-order valence-electron chi connectivity index (χ0n) is 26.8. The van der Waals surface area contributed by atoms with Crippen molar-refractivity contribution in [2.75, 3.05) is 23.8 Å². The smallest absolute Gasteiger partial charge is 0.411 e. The van der Waals surface area contributed by atoms with Crippen molar-refractivity contribution in [3.63, 3.8) is 0 Å². The minimum atomic E-state index is -1.33. The Balaban J connectivity index is 1.57. The summed E-state index contributed by atoms with van der Waals surface area (Å²) in [6.07, 6.45) is 5.07. The molecule has 2 aromatic carbocycles. The van der Waals surface area contributed by atoms with Crippen LogP contribution in [0.25, 0.3) is 23.1 Å². The molecule has 0 fully saturated rings. The highest BCUT2D eigenvalue weighted by Crippen LogP contribution is 2.30. The van der Waals surface area contributed by atoms with Gasteiger partial charge in [-0.1, -0.05) is 45.3 Å². The second-order valence-corrected chi connectivity index (χ2v) is 24.6. The fraction of sp³-hybridized carbons (Fsp3) is 0.364. The number of fused-ring (bicyclic) bond motifs is 1. The maximum absolute atomic E-state index is 15.1. The predicted octanol–water partition coefficient (Wildman–Crippen LogP) is 8.99. The number of pyridine rings is 1. The van der Waals surface area contributed by atoms with Crippen LogP contribution in [0, 0.1) is 12.7 Å². The third-order valence-corrected chi connectivity index (χ3v) is 10.4. The molecule has 11 heteroatoms. The van der Waals surface area contributed by atoms with E-state index in [1.54, 1.807) is 19.2 Å². The normalized spacial score (nSPS) is 12.2. The highest BCUT2D eigenvalue weighted by molar-refractivity contribution is 6.76. The van der Waals surface area contributed by atoms with E-state index >= 15 is 4.39 Å². The number of carbonyl (C=O) groups excluding carboxylic acids is 1. The van der Waals surface area contributed by atoms with E-state index in [1.165, 1.54) is 6.07 Å². The summed E-state index contributed by atoms with van der Waals surface area (Å²) in [6.45, 7) is 16.7. The quantitative estimate of drug-likeness (QED) is 0.113. The molecule has 0 aliphatic heterocycles. The Morgan fingerprint density at radius 3 is 2.41 bits per heavy atom. The van der Waals surface area contributed by atoms with Gasteiger partial charge in [0, 0.05) is 45.7 Å². The number of hydrogen-bond donors (Lipinski definition) is 2. The summed E-state index contributed by atoms with van der Waals surface area (Å²) < 4.78 is 28.3. The summed E-state index contributed by atoms with van der Waals surface area (Å²) in [7, 11) is -2.57. The van der Waals surface area contributed by atoms with Crippen molar-refractivity contribution in [1.82, 2.24) is 14.8 Å². The Morgan fingerprint density at radius 1 is 0.955 bits per heavy atom. The van der Waals surface area contributed by atoms with Gasteiger partial charge in [-0.15, -0.1) is 0 Å². The lowest BCUT2D eigenvalue weighted by atomic mass is 10.1. The molecule has 2 aromatic heterocycles. The fourth-order valence-electron chi connectivity index (χ4n) is 4.32. The number of halogens is 1. The van der Waals surface area contributed by atoms with Gasteiger partial charge in [-0.3, -0.25) is 10.3 Å². The number of nitrogens with zero attached hydrogens (tertiary/aromatic N) is 3. The minimum absolute atomic E-state index is 0.236. The molecule has 234 valence electrons. The third kappa shape index (κ3) is 9.86. The Labute approximate surface area is 261 Å². The molecule has 4 aromatic rings. The number of rotatable bonds is 13. The maximum Gasteiger partial charge on any atom is 0.411 e. The Kier molecular flexibility index (Phi) is 10.8. The molecule has 0 spiro atoms. The molecule has 0 saturated carbocycles. The van der Waals surface area contributed by atoms with Crippen LogP contribution in [-0.2, 0) is 16.2 Å². The molecule has 0 unspecified atom stereocenters. The van der Waals surface area contributed by atoms with E-state index in [-0.39, 0.29) is 5.69 Å². The number of ether oxygens (including phenoxy) is 2. The average molecular weight is 634 g/mol. The van der Waals surface area contributed by atoms with Crippen molar-refractivity contribution in [2.24, 2.45) is 0 Å². The second kappa shape index (κ2) is 14.3. The van der Waals surface area contributed by atoms with Crippen molar-refractivity contribution in [2.45, 2.75) is 65.0 Å². The monoisotopic (exact) mass is 633 g/mol. The molecule has 0 radical (unpaired) electrons. The van der Waals surface area contributed by atoms with E-state index < -0.39 is 28.1 Å². The fourth-order valence-corrected chi connectivity index (χ4v) is 5.79. The Bertz CT molecular complexity index is 1610. The van der Waals surface area contributed by atoms with Gasteiger partial charge in [-0.2, -0.15) is 5.10 Å². The van der Waals surface area contributed by atoms with Crippen LogP contribution >= 0.6 is 0 Å². The highest BCUT2D eigenvalue weighted by atomic mass is 28.3. The van der Waals surface area contributed by atoms with E-state index in [1.807, 2.05) is 53.2 Å². The van der Waals surface area contributed by atoms with Gasteiger partial charge in [0.1, 0.15) is 12.5 Å². The first kappa shape index (κ1) is 33.1. The zero-order valence-corrected chi connectivity index (χ0v) is 28.8. The second-order valence-electron chi connectivity index (χ2n) is 13.4. The minimum Gasteiger partial charge on any atom is -0.450 e. The molecule has 0 atom stereocenters. The molecule has 0 aliphatic rings. The molecule has 1 amide bonds. The molecule has 0 aliphatic carbocycles. The lowest BCUT2D eigenvalue weighted by Gasteiger charge is -2.16. The van der Waals surface area contributed by atoms with Crippen LogP contribution in [0.5, 0.6) is 0 Å². The van der Waals surface area contributed by atoms with E-state index in [2.05, 4.69) is 54.9 Å². The highest BCUT2D eigenvalue weighted by Gasteiger charge is 2.17. The standard InChI is InChI=1S/C33H44FN5O3Si2/c1-24-20-28(34)31(22-30(24)37-33(40)42-17-19-44(5,6)7)36-26-11-13-27-29(14-12-25-10-8-9-15-35-25)38-39(32(27)21-26)23-41-16-18-43(2,3)4/h8-15,20-22,36H,16-19,23H2,1-7H3,(H,37,40)/b14-12+. The number of aromatic nitrogens is 3. The Hall–Kier alpha value is -3.81. The number of hydrogen-bond acceptors (Lipinski definition) is 6. The predicted molar refractivity (Wildman–Crippen MR) is 185 cm³/mol. The number of benzene rings is 2. The molecular weight excluding hydrogens is 590 g/mol. The van der Waals surface area contributed by atoms with Crippen LogP contribution in [-0.4, -0.2) is 50.2 Å². The van der Waals surface area contributed by atoms with E-state index in [0.717, 1.165) is 34.4 Å². The largest absolute Gasteiger partial charge is 0.450 e. The van der Waals surface area contributed by atoms with Crippen LogP contribution in [0.3, 0.4) is 0 Å². The SMILES string of the molecule is Cc1cc(F)c(Nc2ccc3c(/C=C/c4ccccn4)nn(COCC[Si](C)(C)C)c3c2)cc1NC(=O)OCC[Si](C)(C)C. The molecular formula is C33H44FN5O3Si2. The maximum atomic E-state index is 15.1. The van der Waals surface area contributed by atoms with Gasteiger partial charge in [0.25, 0.3) is 0 Å². The van der Waals surface area contributed by atoms with Crippen LogP contribution < -0.4 is 10.6 Å². The van der Waals surface area contributed by atoms with Gasteiger partial charge < -0.3 is 14.8 Å². The number of nitrogens with one attached hydrogen (secondary N) is 2. The third-order valence-electron chi connectivity index (χ3n) is 7.00. The first-order valence-electron chi connectivity index (χ1n) is 15.0. The first-order chi connectivity index (χ1) is 20.8. The summed E-state index contributed by atoms with van der Waals surface area (Å²) in [4.78, 5) is 16.8. The number of carbonyl (C=O) groups is 1. The Morgan fingerprint density at radius 2 is 1.70 bits per heavy atom. The van der Waals surface area contributed by atoms with Gasteiger partial charge in [-0.25, -0.2) is 13.9 Å². The summed E-state index contributed by atoms with van der Waals surface area (Å²) in [5.41, 5.74) is 4.46. The lowest BCUT2D eigenvalue weighted by Crippen LogP contribution is -2.24.